The fourth-order valence-corrected chi connectivity index (χ4v) is 4.82. The molecule has 31 heavy (non-hydrogen) atoms. The first-order valence-electron chi connectivity index (χ1n) is 10.1. The van der Waals surface area contributed by atoms with Gasteiger partial charge in [0.15, 0.2) is 11.5 Å². The minimum atomic E-state index is 0.0105. The van der Waals surface area contributed by atoms with Crippen LogP contribution < -0.4 is 4.90 Å². The van der Waals surface area contributed by atoms with Crippen LogP contribution in [-0.2, 0) is 9.53 Å². The Morgan fingerprint density at radius 1 is 1.19 bits per heavy atom. The van der Waals surface area contributed by atoms with Crippen LogP contribution in [-0.4, -0.2) is 70.3 Å². The summed E-state index contributed by atoms with van der Waals surface area (Å²) >= 11 is 7.87. The Hall–Kier alpha value is -2.75. The zero-order chi connectivity index (χ0) is 21.4. The molecule has 0 aliphatic carbocycles. The van der Waals surface area contributed by atoms with Crippen molar-refractivity contribution in [3.05, 3.63) is 40.7 Å². The summed E-state index contributed by atoms with van der Waals surface area (Å²) in [5.41, 5.74) is 1.52. The zero-order valence-corrected chi connectivity index (χ0v) is 18.6. The largest absolute Gasteiger partial charge is 0.375 e. The number of nitrogens with zero attached hydrogens (tertiary/aromatic N) is 6. The van der Waals surface area contributed by atoms with Crippen molar-refractivity contribution in [3.63, 3.8) is 0 Å². The van der Waals surface area contributed by atoms with Gasteiger partial charge in [0.1, 0.15) is 6.61 Å². The van der Waals surface area contributed by atoms with Gasteiger partial charge in [-0.25, -0.2) is 9.38 Å². The SMILES string of the molecule is COCC(=O)N1CCCN(c2nc3cc(Cl)ccc3c3nnc(-c4cccs4)n23)CC1. The first kappa shape index (κ1) is 20.2. The molecule has 5 rings (SSSR count). The van der Waals surface area contributed by atoms with Crippen molar-refractivity contribution in [2.45, 2.75) is 6.42 Å². The molecule has 4 heterocycles. The number of halogens is 1. The van der Waals surface area contributed by atoms with E-state index < -0.39 is 0 Å². The van der Waals surface area contributed by atoms with Crippen LogP contribution in [0.5, 0.6) is 0 Å². The average Bonchev–Trinajstić information content (AvgIpc) is 3.38. The monoisotopic (exact) mass is 456 g/mol. The third-order valence-corrected chi connectivity index (χ3v) is 6.53. The molecular weight excluding hydrogens is 436 g/mol. The Balaban J connectivity index is 1.62. The molecule has 8 nitrogen and oxygen atoms in total. The molecule has 0 unspecified atom stereocenters. The number of benzene rings is 1. The topological polar surface area (TPSA) is 75.9 Å². The number of fused-ring (bicyclic) bond motifs is 3. The van der Waals surface area contributed by atoms with Crippen molar-refractivity contribution in [2.24, 2.45) is 0 Å². The van der Waals surface area contributed by atoms with E-state index in [-0.39, 0.29) is 12.5 Å². The van der Waals surface area contributed by atoms with Crippen LogP contribution in [0.4, 0.5) is 5.95 Å². The van der Waals surface area contributed by atoms with Crippen LogP contribution in [0.15, 0.2) is 35.7 Å². The molecule has 1 amide bonds. The molecule has 1 fully saturated rings. The minimum absolute atomic E-state index is 0.0105. The van der Waals surface area contributed by atoms with Gasteiger partial charge in [0, 0.05) is 43.7 Å². The van der Waals surface area contributed by atoms with Crippen LogP contribution in [0.25, 0.3) is 27.3 Å². The van der Waals surface area contributed by atoms with Crippen LogP contribution in [0.3, 0.4) is 0 Å². The lowest BCUT2D eigenvalue weighted by molar-refractivity contribution is -0.134. The molecule has 160 valence electrons. The first-order valence-corrected chi connectivity index (χ1v) is 11.3. The normalized spacial score (nSPS) is 15.0. The third-order valence-electron chi connectivity index (χ3n) is 5.43. The minimum Gasteiger partial charge on any atom is -0.375 e. The lowest BCUT2D eigenvalue weighted by atomic mass is 10.2. The van der Waals surface area contributed by atoms with E-state index in [1.165, 1.54) is 0 Å². The van der Waals surface area contributed by atoms with Gasteiger partial charge in [0.25, 0.3) is 0 Å². The van der Waals surface area contributed by atoms with Crippen LogP contribution in [0.2, 0.25) is 5.02 Å². The molecule has 4 aromatic rings. The number of rotatable bonds is 4. The number of anilines is 1. The highest BCUT2D eigenvalue weighted by Gasteiger charge is 2.24. The van der Waals surface area contributed by atoms with Crippen molar-refractivity contribution in [1.29, 1.82) is 0 Å². The molecule has 3 aromatic heterocycles. The summed E-state index contributed by atoms with van der Waals surface area (Å²) in [5.74, 6) is 1.54. The quantitative estimate of drug-likeness (QED) is 0.468. The second kappa shape index (κ2) is 8.41. The third kappa shape index (κ3) is 3.73. The molecule has 1 aliphatic rings. The van der Waals surface area contributed by atoms with Gasteiger partial charge in [-0.15, -0.1) is 21.5 Å². The van der Waals surface area contributed by atoms with Crippen molar-refractivity contribution in [1.82, 2.24) is 24.5 Å². The number of ether oxygens (including phenoxy) is 1. The number of hydrogen-bond donors (Lipinski definition) is 0. The van der Waals surface area contributed by atoms with Crippen molar-refractivity contribution in [3.8, 4) is 10.7 Å². The van der Waals surface area contributed by atoms with E-state index in [0.717, 1.165) is 46.2 Å². The van der Waals surface area contributed by atoms with E-state index in [2.05, 4.69) is 15.1 Å². The van der Waals surface area contributed by atoms with Crippen LogP contribution in [0.1, 0.15) is 6.42 Å². The second-order valence-electron chi connectivity index (χ2n) is 7.39. The van der Waals surface area contributed by atoms with Gasteiger partial charge in [-0.05, 0) is 36.1 Å². The predicted molar refractivity (Wildman–Crippen MR) is 122 cm³/mol. The maximum Gasteiger partial charge on any atom is 0.248 e. The van der Waals surface area contributed by atoms with Crippen molar-refractivity contribution >= 4 is 51.3 Å². The van der Waals surface area contributed by atoms with Crippen molar-refractivity contribution < 1.29 is 9.53 Å². The zero-order valence-electron chi connectivity index (χ0n) is 17.0. The van der Waals surface area contributed by atoms with Gasteiger partial charge < -0.3 is 14.5 Å². The summed E-state index contributed by atoms with van der Waals surface area (Å²) in [7, 11) is 1.54. The van der Waals surface area contributed by atoms with Gasteiger partial charge in [-0.3, -0.25) is 4.79 Å². The summed E-state index contributed by atoms with van der Waals surface area (Å²) in [5, 5.41) is 12.6. The Bertz CT molecular complexity index is 1240. The van der Waals surface area contributed by atoms with Gasteiger partial charge in [-0.1, -0.05) is 17.7 Å². The number of carbonyl (C=O) groups is 1. The van der Waals surface area contributed by atoms with E-state index >= 15 is 0 Å². The highest BCUT2D eigenvalue weighted by Crippen LogP contribution is 2.31. The molecule has 10 heteroatoms. The molecule has 1 aromatic carbocycles. The summed E-state index contributed by atoms with van der Waals surface area (Å²) < 4.78 is 7.05. The lowest BCUT2D eigenvalue weighted by Crippen LogP contribution is -2.37. The molecule has 0 bridgehead atoms. The Morgan fingerprint density at radius 3 is 2.90 bits per heavy atom. The van der Waals surface area contributed by atoms with E-state index in [4.69, 9.17) is 21.3 Å². The fourth-order valence-electron chi connectivity index (χ4n) is 3.95. The summed E-state index contributed by atoms with van der Waals surface area (Å²) in [6.07, 6.45) is 0.836. The molecule has 0 N–H and O–H groups in total. The summed E-state index contributed by atoms with van der Waals surface area (Å²) in [6, 6.07) is 9.66. The van der Waals surface area contributed by atoms with E-state index in [1.54, 1.807) is 18.4 Å². The Morgan fingerprint density at radius 2 is 2.10 bits per heavy atom. The number of hydrogen-bond acceptors (Lipinski definition) is 7. The van der Waals surface area contributed by atoms with Gasteiger partial charge in [0.05, 0.1) is 10.4 Å². The van der Waals surface area contributed by atoms with E-state index in [1.807, 2.05) is 45.0 Å². The Labute approximate surface area is 188 Å². The molecule has 0 spiro atoms. The van der Waals surface area contributed by atoms with E-state index in [9.17, 15) is 4.79 Å². The van der Waals surface area contributed by atoms with Crippen molar-refractivity contribution in [2.75, 3.05) is 44.8 Å². The maximum atomic E-state index is 12.3. The molecule has 1 aliphatic heterocycles. The molecule has 0 saturated carbocycles. The van der Waals surface area contributed by atoms with Gasteiger partial charge in [-0.2, -0.15) is 0 Å². The highest BCUT2D eigenvalue weighted by atomic mass is 35.5. The van der Waals surface area contributed by atoms with Crippen LogP contribution >= 0.6 is 22.9 Å². The fraction of sp³-hybridized carbons (Fsp3) is 0.333. The molecule has 0 radical (unpaired) electrons. The highest BCUT2D eigenvalue weighted by molar-refractivity contribution is 7.13. The smallest absolute Gasteiger partial charge is 0.248 e. The van der Waals surface area contributed by atoms with E-state index in [0.29, 0.717) is 24.7 Å². The van der Waals surface area contributed by atoms with Gasteiger partial charge >= 0.3 is 0 Å². The van der Waals surface area contributed by atoms with Gasteiger partial charge in [0.2, 0.25) is 11.9 Å². The number of aromatic nitrogens is 4. The standard InChI is InChI=1S/C21H21ClN6O2S/c1-30-13-18(29)26-7-3-8-27(10-9-26)21-23-16-12-14(22)5-6-15(16)19-24-25-20(28(19)21)17-4-2-11-31-17/h2,4-6,11-12H,3,7-10,13H2,1H3. The lowest BCUT2D eigenvalue weighted by Gasteiger charge is -2.24. The first-order chi connectivity index (χ1) is 15.2. The number of methoxy groups -OCH3 is 1. The number of carbonyl (C=O) groups excluding carboxylic acids is 1. The molecular formula is C21H21ClN6O2S. The number of thiophene rings is 1. The van der Waals surface area contributed by atoms with Crippen LogP contribution in [0, 0.1) is 0 Å². The predicted octanol–water partition coefficient (Wildman–Crippen LogP) is 3.34. The average molecular weight is 457 g/mol. The summed E-state index contributed by atoms with van der Waals surface area (Å²) in [6.45, 7) is 2.83. The summed E-state index contributed by atoms with van der Waals surface area (Å²) in [4.78, 5) is 22.4. The maximum absolute atomic E-state index is 12.3. The molecule has 0 atom stereocenters. The number of amides is 1. The Kier molecular flexibility index (Phi) is 5.47. The second-order valence-corrected chi connectivity index (χ2v) is 8.77. The molecule has 1 saturated heterocycles.